The van der Waals surface area contributed by atoms with Gasteiger partial charge in [-0.2, -0.15) is 0 Å². The monoisotopic (exact) mass is 213 g/mol. The average Bonchev–Trinajstić information content (AvgIpc) is 2.39. The highest BCUT2D eigenvalue weighted by Crippen LogP contribution is 2.22. The predicted octanol–water partition coefficient (Wildman–Crippen LogP) is 2.89. The molecule has 0 aliphatic heterocycles. The van der Waals surface area contributed by atoms with Crippen molar-refractivity contribution < 1.29 is 0 Å². The number of benzene rings is 1. The summed E-state index contributed by atoms with van der Waals surface area (Å²) in [5.41, 5.74) is 2.23. The molecule has 3 nitrogen and oxygen atoms in total. The Bertz CT molecular complexity index is 436. The zero-order chi connectivity index (χ0) is 11.4. The summed E-state index contributed by atoms with van der Waals surface area (Å²) in [4.78, 5) is 6.36. The van der Waals surface area contributed by atoms with Crippen molar-refractivity contribution in [3.63, 3.8) is 0 Å². The van der Waals surface area contributed by atoms with Gasteiger partial charge in [0, 0.05) is 31.7 Å². The molecule has 0 spiro atoms. The summed E-state index contributed by atoms with van der Waals surface area (Å²) < 4.78 is 0. The van der Waals surface area contributed by atoms with Crippen LogP contribution < -0.4 is 10.2 Å². The van der Waals surface area contributed by atoms with E-state index in [1.165, 1.54) is 0 Å². The molecular weight excluding hydrogens is 198 g/mol. The molecule has 0 fully saturated rings. The highest BCUT2D eigenvalue weighted by atomic mass is 15.2. The SMILES string of the molecule is CNc1ccc(N(C)c2ccccn2)cc1. The van der Waals surface area contributed by atoms with Gasteiger partial charge in [-0.25, -0.2) is 4.98 Å². The molecule has 0 saturated heterocycles. The molecule has 0 amide bonds. The number of pyridine rings is 1. The molecule has 1 aromatic carbocycles. The number of nitrogens with one attached hydrogen (secondary N) is 1. The van der Waals surface area contributed by atoms with Crippen molar-refractivity contribution in [3.05, 3.63) is 48.7 Å². The molecule has 0 aliphatic rings. The van der Waals surface area contributed by atoms with E-state index < -0.39 is 0 Å². The summed E-state index contributed by atoms with van der Waals surface area (Å²) in [6, 6.07) is 14.1. The number of anilines is 3. The zero-order valence-corrected chi connectivity index (χ0v) is 9.51. The molecule has 1 N–H and O–H groups in total. The highest BCUT2D eigenvalue weighted by molar-refractivity contribution is 5.62. The Labute approximate surface area is 95.7 Å². The molecule has 0 saturated carbocycles. The fourth-order valence-corrected chi connectivity index (χ4v) is 1.54. The lowest BCUT2D eigenvalue weighted by molar-refractivity contribution is 1.13. The van der Waals surface area contributed by atoms with Crippen LogP contribution in [0.4, 0.5) is 17.2 Å². The molecule has 82 valence electrons. The maximum absolute atomic E-state index is 4.31. The van der Waals surface area contributed by atoms with Crippen molar-refractivity contribution in [1.82, 2.24) is 4.98 Å². The number of aromatic nitrogens is 1. The lowest BCUT2D eigenvalue weighted by atomic mass is 10.2. The molecule has 0 radical (unpaired) electrons. The zero-order valence-electron chi connectivity index (χ0n) is 9.51. The molecular formula is C13H15N3. The Morgan fingerprint density at radius 3 is 2.38 bits per heavy atom. The van der Waals surface area contributed by atoms with Crippen LogP contribution in [-0.2, 0) is 0 Å². The van der Waals surface area contributed by atoms with Crippen molar-refractivity contribution in [1.29, 1.82) is 0 Å². The normalized spacial score (nSPS) is 9.88. The lowest BCUT2D eigenvalue weighted by Gasteiger charge is -2.18. The van der Waals surface area contributed by atoms with Crippen LogP contribution in [0.15, 0.2) is 48.7 Å². The summed E-state index contributed by atoms with van der Waals surface area (Å²) >= 11 is 0. The van der Waals surface area contributed by atoms with Gasteiger partial charge in [0.05, 0.1) is 0 Å². The van der Waals surface area contributed by atoms with Gasteiger partial charge in [0.25, 0.3) is 0 Å². The van der Waals surface area contributed by atoms with E-state index in [2.05, 4.69) is 39.5 Å². The first-order chi connectivity index (χ1) is 7.81. The van der Waals surface area contributed by atoms with E-state index in [0.717, 1.165) is 17.2 Å². The minimum absolute atomic E-state index is 0.944. The molecule has 16 heavy (non-hydrogen) atoms. The summed E-state index contributed by atoms with van der Waals surface area (Å²) in [6.45, 7) is 0. The number of rotatable bonds is 3. The smallest absolute Gasteiger partial charge is 0.132 e. The van der Waals surface area contributed by atoms with E-state index in [0.29, 0.717) is 0 Å². The number of hydrogen-bond donors (Lipinski definition) is 1. The minimum Gasteiger partial charge on any atom is -0.388 e. The van der Waals surface area contributed by atoms with E-state index in [9.17, 15) is 0 Å². The van der Waals surface area contributed by atoms with Crippen LogP contribution in [0.25, 0.3) is 0 Å². The van der Waals surface area contributed by atoms with Crippen LogP contribution in [0.3, 0.4) is 0 Å². The van der Waals surface area contributed by atoms with Crippen molar-refractivity contribution in [2.24, 2.45) is 0 Å². The maximum atomic E-state index is 4.31. The topological polar surface area (TPSA) is 28.2 Å². The van der Waals surface area contributed by atoms with Crippen molar-refractivity contribution in [3.8, 4) is 0 Å². The van der Waals surface area contributed by atoms with Gasteiger partial charge in [0.2, 0.25) is 0 Å². The summed E-state index contributed by atoms with van der Waals surface area (Å²) in [7, 11) is 3.92. The standard InChI is InChI=1S/C13H15N3/c1-14-11-6-8-12(9-7-11)16(2)13-5-3-4-10-15-13/h3-10,14H,1-2H3. The van der Waals surface area contributed by atoms with Crippen LogP contribution in [0.2, 0.25) is 0 Å². The Kier molecular flexibility index (Phi) is 3.05. The first-order valence-corrected chi connectivity index (χ1v) is 5.24. The molecule has 1 aromatic heterocycles. The fraction of sp³-hybridized carbons (Fsp3) is 0.154. The van der Waals surface area contributed by atoms with Crippen LogP contribution >= 0.6 is 0 Å². The first-order valence-electron chi connectivity index (χ1n) is 5.24. The fourth-order valence-electron chi connectivity index (χ4n) is 1.54. The minimum atomic E-state index is 0.944. The molecule has 2 rings (SSSR count). The molecule has 1 heterocycles. The van der Waals surface area contributed by atoms with Crippen LogP contribution in [0.5, 0.6) is 0 Å². The van der Waals surface area contributed by atoms with Gasteiger partial charge < -0.3 is 10.2 Å². The van der Waals surface area contributed by atoms with Gasteiger partial charge in [-0.3, -0.25) is 0 Å². The molecule has 0 bridgehead atoms. The third-order valence-corrected chi connectivity index (χ3v) is 2.54. The summed E-state index contributed by atoms with van der Waals surface area (Å²) in [6.07, 6.45) is 1.80. The predicted molar refractivity (Wildman–Crippen MR) is 68.3 cm³/mol. The van der Waals surface area contributed by atoms with Crippen LogP contribution in [0.1, 0.15) is 0 Å². The van der Waals surface area contributed by atoms with Crippen molar-refractivity contribution in [2.75, 3.05) is 24.3 Å². The van der Waals surface area contributed by atoms with E-state index >= 15 is 0 Å². The summed E-state index contributed by atoms with van der Waals surface area (Å²) in [5.74, 6) is 0.944. The van der Waals surface area contributed by atoms with E-state index in [1.807, 2.05) is 32.3 Å². The molecule has 0 aliphatic carbocycles. The van der Waals surface area contributed by atoms with E-state index in [1.54, 1.807) is 6.20 Å². The van der Waals surface area contributed by atoms with Gasteiger partial charge in [-0.1, -0.05) is 6.07 Å². The van der Waals surface area contributed by atoms with Gasteiger partial charge in [-0.15, -0.1) is 0 Å². The highest BCUT2D eigenvalue weighted by Gasteiger charge is 2.03. The molecule has 3 heteroatoms. The summed E-state index contributed by atoms with van der Waals surface area (Å²) in [5, 5.41) is 3.10. The largest absolute Gasteiger partial charge is 0.388 e. The van der Waals surface area contributed by atoms with Gasteiger partial charge in [0.15, 0.2) is 0 Å². The Balaban J connectivity index is 2.24. The van der Waals surface area contributed by atoms with E-state index in [-0.39, 0.29) is 0 Å². The number of hydrogen-bond acceptors (Lipinski definition) is 3. The third-order valence-electron chi connectivity index (χ3n) is 2.54. The molecule has 2 aromatic rings. The van der Waals surface area contributed by atoms with Crippen molar-refractivity contribution >= 4 is 17.2 Å². The Morgan fingerprint density at radius 2 is 1.81 bits per heavy atom. The lowest BCUT2D eigenvalue weighted by Crippen LogP contribution is -2.10. The van der Waals surface area contributed by atoms with Crippen LogP contribution in [0, 0.1) is 0 Å². The Hall–Kier alpha value is -2.03. The second kappa shape index (κ2) is 4.66. The first kappa shape index (κ1) is 10.5. The van der Waals surface area contributed by atoms with Gasteiger partial charge >= 0.3 is 0 Å². The second-order valence-electron chi connectivity index (χ2n) is 3.54. The third kappa shape index (κ3) is 2.14. The van der Waals surface area contributed by atoms with E-state index in [4.69, 9.17) is 0 Å². The molecule has 0 unspecified atom stereocenters. The second-order valence-corrected chi connectivity index (χ2v) is 3.54. The van der Waals surface area contributed by atoms with Gasteiger partial charge in [-0.05, 0) is 36.4 Å². The average molecular weight is 213 g/mol. The molecule has 0 atom stereocenters. The van der Waals surface area contributed by atoms with Crippen molar-refractivity contribution in [2.45, 2.75) is 0 Å². The van der Waals surface area contributed by atoms with Crippen LogP contribution in [-0.4, -0.2) is 19.1 Å². The van der Waals surface area contributed by atoms with Gasteiger partial charge in [0.1, 0.15) is 5.82 Å². The maximum Gasteiger partial charge on any atom is 0.132 e. The quantitative estimate of drug-likeness (QED) is 0.849. The Morgan fingerprint density at radius 1 is 1.06 bits per heavy atom. The number of nitrogens with zero attached hydrogens (tertiary/aromatic N) is 2.